The molecule has 1 aliphatic carbocycles. The van der Waals surface area contributed by atoms with Gasteiger partial charge in [0.2, 0.25) is 10.0 Å². The number of rotatable bonds is 5. The Morgan fingerprint density at radius 2 is 1.80 bits per heavy atom. The van der Waals surface area contributed by atoms with Gasteiger partial charge in [0.25, 0.3) is 0 Å². The predicted molar refractivity (Wildman–Crippen MR) is 80.4 cm³/mol. The smallest absolute Gasteiger partial charge is 0.233 e. The van der Waals surface area contributed by atoms with E-state index in [-0.39, 0.29) is 6.54 Å². The van der Waals surface area contributed by atoms with Crippen LogP contribution in [0, 0.1) is 0 Å². The van der Waals surface area contributed by atoms with Crippen LogP contribution in [0.4, 0.5) is 0 Å². The van der Waals surface area contributed by atoms with E-state index in [4.69, 9.17) is 0 Å². The van der Waals surface area contributed by atoms with Crippen LogP contribution in [0.5, 0.6) is 0 Å². The molecule has 1 aromatic rings. The molecule has 1 fully saturated rings. The molecule has 0 heterocycles. The van der Waals surface area contributed by atoms with Gasteiger partial charge in [-0.05, 0) is 24.5 Å². The second-order valence-electron chi connectivity index (χ2n) is 5.36. The average molecular weight is 295 g/mol. The maximum atomic E-state index is 11.9. The highest BCUT2D eigenvalue weighted by Gasteiger charge is 2.29. The Morgan fingerprint density at radius 3 is 2.45 bits per heavy atom. The molecular formula is C15H21NO3S. The molecule has 110 valence electrons. The largest absolute Gasteiger partial charge is 0.389 e. The zero-order valence-electron chi connectivity index (χ0n) is 11.5. The number of hydrogen-bond donors (Lipinski definition) is 2. The number of nitrogens with one attached hydrogen (secondary N) is 1. The van der Waals surface area contributed by atoms with Gasteiger partial charge < -0.3 is 5.11 Å². The summed E-state index contributed by atoms with van der Waals surface area (Å²) in [7, 11) is -3.51. The monoisotopic (exact) mass is 295 g/mol. The van der Waals surface area contributed by atoms with Crippen LogP contribution >= 0.6 is 0 Å². The van der Waals surface area contributed by atoms with E-state index in [1.807, 2.05) is 30.3 Å². The van der Waals surface area contributed by atoms with Gasteiger partial charge in [-0.1, -0.05) is 49.6 Å². The van der Waals surface area contributed by atoms with Gasteiger partial charge in [-0.25, -0.2) is 13.1 Å². The number of benzene rings is 1. The van der Waals surface area contributed by atoms with Gasteiger partial charge in [-0.3, -0.25) is 0 Å². The van der Waals surface area contributed by atoms with E-state index < -0.39 is 15.6 Å². The van der Waals surface area contributed by atoms with Gasteiger partial charge in [0.05, 0.1) is 5.60 Å². The van der Waals surface area contributed by atoms with Crippen molar-refractivity contribution in [2.24, 2.45) is 0 Å². The van der Waals surface area contributed by atoms with Crippen molar-refractivity contribution < 1.29 is 13.5 Å². The molecule has 1 saturated carbocycles. The predicted octanol–water partition coefficient (Wildman–Crippen LogP) is 2.27. The maximum Gasteiger partial charge on any atom is 0.233 e. The van der Waals surface area contributed by atoms with Gasteiger partial charge >= 0.3 is 0 Å². The topological polar surface area (TPSA) is 66.4 Å². The third-order valence-electron chi connectivity index (χ3n) is 3.63. The Morgan fingerprint density at radius 1 is 1.15 bits per heavy atom. The van der Waals surface area contributed by atoms with Crippen molar-refractivity contribution in [1.82, 2.24) is 4.72 Å². The van der Waals surface area contributed by atoms with Crippen LogP contribution in [0.15, 0.2) is 35.7 Å². The van der Waals surface area contributed by atoms with E-state index in [9.17, 15) is 13.5 Å². The lowest BCUT2D eigenvalue weighted by Crippen LogP contribution is -2.43. The van der Waals surface area contributed by atoms with Crippen LogP contribution in [0.2, 0.25) is 0 Å². The van der Waals surface area contributed by atoms with Crippen LogP contribution in [-0.2, 0) is 10.0 Å². The summed E-state index contributed by atoms with van der Waals surface area (Å²) in [6.45, 7) is 0.0917. The number of sulfonamides is 1. The summed E-state index contributed by atoms with van der Waals surface area (Å²) < 4.78 is 26.2. The molecule has 4 nitrogen and oxygen atoms in total. The van der Waals surface area contributed by atoms with Crippen molar-refractivity contribution in [3.8, 4) is 0 Å². The number of aliphatic hydroxyl groups is 1. The minimum Gasteiger partial charge on any atom is -0.389 e. The van der Waals surface area contributed by atoms with Crippen molar-refractivity contribution in [2.45, 2.75) is 37.7 Å². The molecule has 1 aromatic carbocycles. The van der Waals surface area contributed by atoms with Crippen molar-refractivity contribution in [3.05, 3.63) is 41.3 Å². The summed E-state index contributed by atoms with van der Waals surface area (Å²) in [5.41, 5.74) is -0.0550. The summed E-state index contributed by atoms with van der Waals surface area (Å²) >= 11 is 0. The molecule has 0 bridgehead atoms. The zero-order chi connectivity index (χ0) is 14.5. The first-order valence-electron chi connectivity index (χ1n) is 6.94. The lowest BCUT2D eigenvalue weighted by molar-refractivity contribution is 0.00952. The maximum absolute atomic E-state index is 11.9. The molecule has 0 radical (unpaired) electrons. The summed E-state index contributed by atoms with van der Waals surface area (Å²) in [4.78, 5) is 0. The molecule has 0 aromatic heterocycles. The molecule has 0 spiro atoms. The zero-order valence-corrected chi connectivity index (χ0v) is 12.3. The molecule has 0 saturated heterocycles. The summed E-state index contributed by atoms with van der Waals surface area (Å²) in [5, 5.41) is 11.4. The van der Waals surface area contributed by atoms with Crippen LogP contribution < -0.4 is 4.72 Å². The molecular weight excluding hydrogens is 274 g/mol. The van der Waals surface area contributed by atoms with E-state index in [1.165, 1.54) is 0 Å². The van der Waals surface area contributed by atoms with Crippen molar-refractivity contribution >= 4 is 16.1 Å². The summed E-state index contributed by atoms with van der Waals surface area (Å²) in [6, 6.07) is 9.25. The SMILES string of the molecule is O=S(=O)(C=Cc1ccccc1)NCC1(O)CCCCC1. The van der Waals surface area contributed by atoms with E-state index in [0.717, 1.165) is 30.2 Å². The normalized spacial score (nSPS) is 19.2. The molecule has 0 atom stereocenters. The Balaban J connectivity index is 1.92. The third-order valence-corrected chi connectivity index (χ3v) is 4.67. The van der Waals surface area contributed by atoms with Crippen LogP contribution in [-0.4, -0.2) is 25.7 Å². The van der Waals surface area contributed by atoms with Gasteiger partial charge in [0.1, 0.15) is 0 Å². The van der Waals surface area contributed by atoms with Gasteiger partial charge in [-0.2, -0.15) is 0 Å². The quantitative estimate of drug-likeness (QED) is 0.875. The molecule has 20 heavy (non-hydrogen) atoms. The second-order valence-corrected chi connectivity index (χ2v) is 7.02. The van der Waals surface area contributed by atoms with Crippen LogP contribution in [0.25, 0.3) is 6.08 Å². The lowest BCUT2D eigenvalue weighted by Gasteiger charge is -2.31. The molecule has 2 rings (SSSR count). The Bertz CT molecular complexity index is 546. The highest BCUT2D eigenvalue weighted by Crippen LogP contribution is 2.27. The fraction of sp³-hybridized carbons (Fsp3) is 0.467. The fourth-order valence-electron chi connectivity index (χ4n) is 2.40. The Labute approximate surface area is 120 Å². The van der Waals surface area contributed by atoms with E-state index in [1.54, 1.807) is 6.08 Å². The minimum absolute atomic E-state index is 0.0917. The van der Waals surface area contributed by atoms with Crippen molar-refractivity contribution in [2.75, 3.05) is 6.54 Å². The first-order valence-corrected chi connectivity index (χ1v) is 8.49. The van der Waals surface area contributed by atoms with Crippen LogP contribution in [0.1, 0.15) is 37.7 Å². The van der Waals surface area contributed by atoms with E-state index in [2.05, 4.69) is 4.72 Å². The molecule has 1 aliphatic rings. The molecule has 2 N–H and O–H groups in total. The second kappa shape index (κ2) is 6.52. The lowest BCUT2D eigenvalue weighted by atomic mass is 9.85. The summed E-state index contributed by atoms with van der Waals surface area (Å²) in [6.07, 6.45) is 5.90. The highest BCUT2D eigenvalue weighted by molar-refractivity contribution is 7.92. The van der Waals surface area contributed by atoms with Crippen LogP contribution in [0.3, 0.4) is 0 Å². The van der Waals surface area contributed by atoms with Crippen molar-refractivity contribution in [1.29, 1.82) is 0 Å². The van der Waals surface area contributed by atoms with Gasteiger partial charge in [0, 0.05) is 12.0 Å². The highest BCUT2D eigenvalue weighted by atomic mass is 32.2. The number of hydrogen-bond acceptors (Lipinski definition) is 3. The Hall–Kier alpha value is -1.17. The average Bonchev–Trinajstić information content (AvgIpc) is 2.46. The minimum atomic E-state index is -3.51. The standard InChI is InChI=1S/C15H21NO3S/c17-15(10-5-2-6-11-15)13-16-20(18,19)12-9-14-7-3-1-4-8-14/h1,3-4,7-9,12,16-17H,2,5-6,10-11,13H2. The fourth-order valence-corrected chi connectivity index (χ4v) is 3.30. The molecule has 0 amide bonds. The van der Waals surface area contributed by atoms with E-state index in [0.29, 0.717) is 12.8 Å². The first-order chi connectivity index (χ1) is 9.49. The van der Waals surface area contributed by atoms with Crippen molar-refractivity contribution in [3.63, 3.8) is 0 Å². The molecule has 0 aliphatic heterocycles. The van der Waals surface area contributed by atoms with Gasteiger partial charge in [0.15, 0.2) is 0 Å². The Kier molecular flexibility index (Phi) is 4.96. The first kappa shape index (κ1) is 15.2. The van der Waals surface area contributed by atoms with Gasteiger partial charge in [-0.15, -0.1) is 0 Å². The van der Waals surface area contributed by atoms with E-state index >= 15 is 0 Å². The summed E-state index contributed by atoms with van der Waals surface area (Å²) in [5.74, 6) is 0. The molecule has 0 unspecified atom stereocenters. The third kappa shape index (κ3) is 4.74. The molecule has 5 heteroatoms.